The minimum Gasteiger partial charge on any atom is -0.490 e. The Morgan fingerprint density at radius 1 is 1.53 bits per heavy atom. The van der Waals surface area contributed by atoms with Crippen molar-refractivity contribution in [3.05, 3.63) is 52.2 Å². The van der Waals surface area contributed by atoms with Crippen LogP contribution >= 0.6 is 0 Å². The highest BCUT2D eigenvalue weighted by Gasteiger charge is 2.19. The number of hydrogen-bond acceptors (Lipinski definition) is 5. The highest BCUT2D eigenvalue weighted by atomic mass is 19.1. The third-order valence-electron chi connectivity index (χ3n) is 2.50. The summed E-state index contributed by atoms with van der Waals surface area (Å²) in [6, 6.07) is 5.51. The number of furan rings is 1. The maximum Gasteiger partial charge on any atom is 0.313 e. The van der Waals surface area contributed by atoms with E-state index < -0.39 is 16.4 Å². The van der Waals surface area contributed by atoms with Crippen LogP contribution in [-0.4, -0.2) is 12.0 Å². The second-order valence-corrected chi connectivity index (χ2v) is 3.69. The molecule has 0 unspecified atom stereocenters. The Morgan fingerprint density at radius 3 is 2.89 bits per heavy atom. The zero-order chi connectivity index (χ0) is 13.8. The molecule has 100 valence electrons. The average Bonchev–Trinajstić information content (AvgIpc) is 2.90. The largest absolute Gasteiger partial charge is 0.490 e. The van der Waals surface area contributed by atoms with Crippen molar-refractivity contribution in [3.63, 3.8) is 0 Å². The highest BCUT2D eigenvalue weighted by Crippen LogP contribution is 2.32. The Hall–Kier alpha value is -2.57. The van der Waals surface area contributed by atoms with E-state index in [2.05, 4.69) is 5.32 Å². The monoisotopic (exact) mass is 266 g/mol. The van der Waals surface area contributed by atoms with Gasteiger partial charge in [-0.3, -0.25) is 10.1 Å². The Morgan fingerprint density at radius 2 is 2.32 bits per heavy atom. The first kappa shape index (κ1) is 12.9. The molecular weight excluding hydrogens is 255 g/mol. The SMILES string of the molecule is COc1cc(NCc2ccco2)c(F)cc1[N+](=O)[O-]. The molecule has 0 aliphatic rings. The summed E-state index contributed by atoms with van der Waals surface area (Å²) in [4.78, 5) is 10.0. The number of hydrogen-bond donors (Lipinski definition) is 1. The molecule has 2 rings (SSSR count). The van der Waals surface area contributed by atoms with E-state index in [0.29, 0.717) is 5.76 Å². The fourth-order valence-electron chi connectivity index (χ4n) is 1.58. The van der Waals surface area contributed by atoms with Gasteiger partial charge in [0.2, 0.25) is 0 Å². The molecule has 0 aliphatic carbocycles. The Labute approximate surface area is 107 Å². The fourth-order valence-corrected chi connectivity index (χ4v) is 1.58. The maximum absolute atomic E-state index is 13.7. The van der Waals surface area contributed by atoms with Gasteiger partial charge in [-0.2, -0.15) is 0 Å². The zero-order valence-corrected chi connectivity index (χ0v) is 10.1. The van der Waals surface area contributed by atoms with Crippen molar-refractivity contribution in [2.75, 3.05) is 12.4 Å². The standard InChI is InChI=1S/C12H11FN2O4/c1-18-12-6-10(9(13)5-11(12)15(16)17)14-7-8-3-2-4-19-8/h2-6,14H,7H2,1H3. The number of anilines is 1. The maximum atomic E-state index is 13.7. The van der Waals surface area contributed by atoms with Gasteiger partial charge in [-0.05, 0) is 12.1 Å². The Kier molecular flexibility index (Phi) is 3.65. The van der Waals surface area contributed by atoms with Gasteiger partial charge < -0.3 is 14.5 Å². The lowest BCUT2D eigenvalue weighted by atomic mass is 10.2. The van der Waals surface area contributed by atoms with Crippen molar-refractivity contribution in [1.82, 2.24) is 0 Å². The molecule has 0 saturated carbocycles. The predicted octanol–water partition coefficient (Wildman–Crippen LogP) is 2.95. The molecular formula is C12H11FN2O4. The van der Waals surface area contributed by atoms with Crippen LogP contribution in [0.4, 0.5) is 15.8 Å². The summed E-state index contributed by atoms with van der Waals surface area (Å²) in [5.41, 5.74) is -0.303. The van der Waals surface area contributed by atoms with E-state index >= 15 is 0 Å². The van der Waals surface area contributed by atoms with Crippen LogP contribution in [0.25, 0.3) is 0 Å². The van der Waals surface area contributed by atoms with Crippen molar-refractivity contribution < 1.29 is 18.5 Å². The fraction of sp³-hybridized carbons (Fsp3) is 0.167. The van der Waals surface area contributed by atoms with Crippen LogP contribution in [0.3, 0.4) is 0 Å². The molecule has 0 aliphatic heterocycles. The van der Waals surface area contributed by atoms with Crippen molar-refractivity contribution in [2.24, 2.45) is 0 Å². The number of nitro benzene ring substituents is 1. The lowest BCUT2D eigenvalue weighted by molar-refractivity contribution is -0.385. The van der Waals surface area contributed by atoms with Crippen LogP contribution in [0.2, 0.25) is 0 Å². The smallest absolute Gasteiger partial charge is 0.313 e. The molecule has 0 saturated heterocycles. The van der Waals surface area contributed by atoms with E-state index in [1.165, 1.54) is 19.4 Å². The van der Waals surface area contributed by atoms with Crippen LogP contribution in [0, 0.1) is 15.9 Å². The topological polar surface area (TPSA) is 77.5 Å². The van der Waals surface area contributed by atoms with E-state index in [4.69, 9.17) is 9.15 Å². The molecule has 1 N–H and O–H groups in total. The van der Waals surface area contributed by atoms with Gasteiger partial charge in [0, 0.05) is 6.07 Å². The number of methoxy groups -OCH3 is 1. The highest BCUT2D eigenvalue weighted by molar-refractivity contribution is 5.59. The summed E-state index contributed by atoms with van der Waals surface area (Å²) in [7, 11) is 1.29. The zero-order valence-electron chi connectivity index (χ0n) is 10.1. The number of ether oxygens (including phenoxy) is 1. The van der Waals surface area contributed by atoms with Crippen LogP contribution in [0.5, 0.6) is 5.75 Å². The van der Waals surface area contributed by atoms with E-state index in [-0.39, 0.29) is 18.0 Å². The predicted molar refractivity (Wildman–Crippen MR) is 65.6 cm³/mol. The third kappa shape index (κ3) is 2.82. The first-order chi connectivity index (χ1) is 9.11. The van der Waals surface area contributed by atoms with Crippen molar-refractivity contribution in [2.45, 2.75) is 6.54 Å². The quantitative estimate of drug-likeness (QED) is 0.665. The summed E-state index contributed by atoms with van der Waals surface area (Å²) < 4.78 is 23.7. The van der Waals surface area contributed by atoms with Crippen LogP contribution in [-0.2, 0) is 6.54 Å². The van der Waals surface area contributed by atoms with Gasteiger partial charge in [0.25, 0.3) is 0 Å². The molecule has 0 spiro atoms. The van der Waals surface area contributed by atoms with Gasteiger partial charge >= 0.3 is 5.69 Å². The van der Waals surface area contributed by atoms with Crippen LogP contribution in [0.1, 0.15) is 5.76 Å². The second-order valence-electron chi connectivity index (χ2n) is 3.69. The van der Waals surface area contributed by atoms with E-state index in [1.54, 1.807) is 12.1 Å². The summed E-state index contributed by atoms with van der Waals surface area (Å²) in [6.45, 7) is 0.269. The van der Waals surface area contributed by atoms with Crippen LogP contribution < -0.4 is 10.1 Å². The summed E-state index contributed by atoms with van der Waals surface area (Å²) in [6.07, 6.45) is 1.50. The van der Waals surface area contributed by atoms with Crippen molar-refractivity contribution >= 4 is 11.4 Å². The summed E-state index contributed by atoms with van der Waals surface area (Å²) in [5.74, 6) is -0.107. The molecule has 1 aromatic carbocycles. The van der Waals surface area contributed by atoms with E-state index in [9.17, 15) is 14.5 Å². The molecule has 2 aromatic rings. The summed E-state index contributed by atoms with van der Waals surface area (Å²) >= 11 is 0. The third-order valence-corrected chi connectivity index (χ3v) is 2.50. The number of halogens is 1. The van der Waals surface area contributed by atoms with Crippen LogP contribution in [0.15, 0.2) is 34.9 Å². The molecule has 0 atom stereocenters. The van der Waals surface area contributed by atoms with Gasteiger partial charge in [0.05, 0.1) is 36.6 Å². The number of benzene rings is 1. The minimum atomic E-state index is -0.723. The van der Waals surface area contributed by atoms with Gasteiger partial charge in [-0.1, -0.05) is 0 Å². The molecule has 19 heavy (non-hydrogen) atoms. The van der Waals surface area contributed by atoms with Gasteiger partial charge in [0.1, 0.15) is 5.76 Å². The number of nitrogens with one attached hydrogen (secondary N) is 1. The molecule has 6 nitrogen and oxygen atoms in total. The lowest BCUT2D eigenvalue weighted by Gasteiger charge is -2.08. The molecule has 0 radical (unpaired) electrons. The first-order valence-electron chi connectivity index (χ1n) is 5.40. The molecule has 0 fully saturated rings. The Bertz CT molecular complexity index is 584. The second kappa shape index (κ2) is 5.38. The van der Waals surface area contributed by atoms with Gasteiger partial charge in [-0.25, -0.2) is 4.39 Å². The average molecular weight is 266 g/mol. The normalized spacial score (nSPS) is 10.2. The van der Waals surface area contributed by atoms with Crippen molar-refractivity contribution in [3.8, 4) is 5.75 Å². The lowest BCUT2D eigenvalue weighted by Crippen LogP contribution is -2.03. The molecule has 7 heteroatoms. The van der Waals surface area contributed by atoms with E-state index in [1.807, 2.05) is 0 Å². The molecule has 0 bridgehead atoms. The van der Waals surface area contributed by atoms with E-state index in [0.717, 1.165) is 6.07 Å². The first-order valence-corrected chi connectivity index (χ1v) is 5.40. The van der Waals surface area contributed by atoms with Gasteiger partial charge in [0.15, 0.2) is 11.6 Å². The molecule has 0 amide bonds. The van der Waals surface area contributed by atoms with Gasteiger partial charge in [-0.15, -0.1) is 0 Å². The summed E-state index contributed by atoms with van der Waals surface area (Å²) in [5, 5.41) is 13.5. The minimum absolute atomic E-state index is 0.00616. The number of rotatable bonds is 5. The van der Waals surface area contributed by atoms with Crippen molar-refractivity contribution in [1.29, 1.82) is 0 Å². The molecule has 1 heterocycles. The Balaban J connectivity index is 2.23. The number of nitrogens with zero attached hydrogens (tertiary/aromatic N) is 1. The number of nitro groups is 1. The molecule has 1 aromatic heterocycles.